The summed E-state index contributed by atoms with van der Waals surface area (Å²) in [4.78, 5) is 12.2. The maximum atomic E-state index is 14.7. The van der Waals surface area contributed by atoms with Gasteiger partial charge in [-0.15, -0.1) is 0 Å². The predicted molar refractivity (Wildman–Crippen MR) is 115 cm³/mol. The predicted octanol–water partition coefficient (Wildman–Crippen LogP) is 3.38. The molecule has 1 aliphatic heterocycles. The summed E-state index contributed by atoms with van der Waals surface area (Å²) >= 11 is 0. The third-order valence-corrected chi connectivity index (χ3v) is 11.8. The van der Waals surface area contributed by atoms with E-state index in [1.54, 1.807) is 0 Å². The second-order valence-corrected chi connectivity index (χ2v) is 13.2. The van der Waals surface area contributed by atoms with Crippen molar-refractivity contribution >= 4 is 18.7 Å². The minimum absolute atomic E-state index is 0.0824. The van der Waals surface area contributed by atoms with Gasteiger partial charge in [-0.05, 0) is 40.1 Å². The zero-order valence-electron chi connectivity index (χ0n) is 17.2. The smallest absolute Gasteiger partial charge is 0.258 e. The number of hydrogen-bond donors (Lipinski definition) is 2. The van der Waals surface area contributed by atoms with Gasteiger partial charge in [0.25, 0.3) is 8.32 Å². The van der Waals surface area contributed by atoms with E-state index in [-0.39, 0.29) is 23.0 Å². The number of hydrogen-bond acceptors (Lipinski definition) is 3. The quantitative estimate of drug-likeness (QED) is 0.713. The van der Waals surface area contributed by atoms with Crippen LogP contribution in [-0.4, -0.2) is 36.8 Å². The molecular formula is C24H31FO3Si. The Morgan fingerprint density at radius 3 is 2.10 bits per heavy atom. The summed E-state index contributed by atoms with van der Waals surface area (Å²) in [5, 5.41) is 11.4. The van der Waals surface area contributed by atoms with Crippen molar-refractivity contribution in [3.05, 3.63) is 60.7 Å². The van der Waals surface area contributed by atoms with Gasteiger partial charge in [-0.25, -0.2) is 4.39 Å². The van der Waals surface area contributed by atoms with Crippen LogP contribution in [0.15, 0.2) is 60.7 Å². The number of halogens is 1. The molecule has 0 bridgehead atoms. The van der Waals surface area contributed by atoms with Gasteiger partial charge in [0.15, 0.2) is 6.29 Å². The molecule has 2 aromatic carbocycles. The van der Waals surface area contributed by atoms with Crippen LogP contribution in [0.2, 0.25) is 5.04 Å². The molecule has 4 rings (SSSR count). The number of fused-ring (bicyclic) bond motifs is 1. The topological polar surface area (TPSA) is 49.7 Å². The second-order valence-electron chi connectivity index (χ2n) is 9.31. The Morgan fingerprint density at radius 2 is 1.55 bits per heavy atom. The molecule has 2 aromatic rings. The Balaban J connectivity index is 1.61. The molecule has 2 fully saturated rings. The van der Waals surface area contributed by atoms with Crippen LogP contribution in [0.1, 0.15) is 39.5 Å². The third kappa shape index (κ3) is 3.70. The molecule has 3 nitrogen and oxygen atoms in total. The molecule has 0 spiro atoms. The Hall–Kier alpha value is -1.53. The van der Waals surface area contributed by atoms with Crippen LogP contribution < -0.4 is 10.4 Å². The van der Waals surface area contributed by atoms with E-state index < -0.39 is 20.8 Å². The molecule has 1 heterocycles. The molecule has 1 unspecified atom stereocenters. The first kappa shape index (κ1) is 20.7. The number of alkyl halides is 1. The summed E-state index contributed by atoms with van der Waals surface area (Å²) in [5.41, 5.74) is 0. The van der Waals surface area contributed by atoms with Crippen LogP contribution in [0.5, 0.6) is 0 Å². The zero-order valence-corrected chi connectivity index (χ0v) is 18.2. The summed E-state index contributed by atoms with van der Waals surface area (Å²) in [7, 11) is -3.07. The fraction of sp³-hybridized carbons (Fsp3) is 0.500. The van der Waals surface area contributed by atoms with E-state index in [0.717, 1.165) is 16.8 Å². The van der Waals surface area contributed by atoms with E-state index >= 15 is 0 Å². The van der Waals surface area contributed by atoms with Crippen LogP contribution >= 0.6 is 0 Å². The molecule has 0 radical (unpaired) electrons. The van der Waals surface area contributed by atoms with Crippen molar-refractivity contribution in [3.8, 4) is 0 Å². The lowest BCUT2D eigenvalue weighted by Crippen LogP contribution is -2.65. The van der Waals surface area contributed by atoms with Crippen molar-refractivity contribution in [1.82, 2.24) is 0 Å². The average Bonchev–Trinajstić information content (AvgIpc) is 3.21. The van der Waals surface area contributed by atoms with Gasteiger partial charge in [-0.3, -0.25) is 0 Å². The molecule has 1 saturated heterocycles. The number of rotatable bonds is 6. The highest BCUT2D eigenvalue weighted by Gasteiger charge is 2.53. The highest BCUT2D eigenvalue weighted by molar-refractivity contribution is 6.98. The van der Waals surface area contributed by atoms with Crippen LogP contribution in [-0.2, 0) is 4.74 Å². The van der Waals surface area contributed by atoms with Gasteiger partial charge in [-0.2, -0.15) is 0 Å². The first-order valence-corrected chi connectivity index (χ1v) is 12.6. The van der Waals surface area contributed by atoms with Crippen molar-refractivity contribution in [2.24, 2.45) is 11.8 Å². The monoisotopic (exact) mass is 414 g/mol. The van der Waals surface area contributed by atoms with E-state index in [1.807, 2.05) is 60.7 Å². The molecule has 156 valence electrons. The Bertz CT molecular complexity index is 774. The maximum absolute atomic E-state index is 14.7. The number of ether oxygens (including phenoxy) is 1. The lowest BCUT2D eigenvalue weighted by molar-refractivity contribution is -0.0930. The molecule has 2 N–H and O–H groups in total. The van der Waals surface area contributed by atoms with Crippen molar-refractivity contribution < 1.29 is 19.0 Å². The maximum Gasteiger partial charge on any atom is 0.258 e. The van der Waals surface area contributed by atoms with Crippen molar-refractivity contribution in [1.29, 1.82) is 0 Å². The molecule has 0 amide bonds. The molecule has 0 aromatic heterocycles. The van der Waals surface area contributed by atoms with Crippen molar-refractivity contribution in [2.45, 2.75) is 63.1 Å². The van der Waals surface area contributed by atoms with Crippen molar-refractivity contribution in [2.75, 3.05) is 0 Å². The summed E-state index contributed by atoms with van der Waals surface area (Å²) < 4.78 is 20.2. The molecule has 5 heteroatoms. The minimum atomic E-state index is -3.07. The van der Waals surface area contributed by atoms with E-state index in [4.69, 9.17) is 4.74 Å². The number of benzene rings is 2. The SMILES string of the molecule is CC(C)(CC[C@@H]1[C@H]2CC(O)O[C@H]2C[C@@H]1F)[Si](O)(c1ccccc1)c1ccccc1. The Morgan fingerprint density at radius 1 is 1.00 bits per heavy atom. The first-order valence-electron chi connectivity index (χ1n) is 10.6. The number of aliphatic hydroxyl groups is 1. The first-order chi connectivity index (χ1) is 13.8. The average molecular weight is 415 g/mol. The van der Waals surface area contributed by atoms with E-state index in [0.29, 0.717) is 19.3 Å². The highest BCUT2D eigenvalue weighted by Crippen LogP contribution is 2.49. The Kier molecular flexibility index (Phi) is 5.68. The summed E-state index contributed by atoms with van der Waals surface area (Å²) in [5.74, 6) is -0.0276. The van der Waals surface area contributed by atoms with Crippen molar-refractivity contribution in [3.63, 3.8) is 0 Å². The Labute approximate surface area is 173 Å². The lowest BCUT2D eigenvalue weighted by Gasteiger charge is -2.42. The van der Waals surface area contributed by atoms with E-state index in [2.05, 4.69) is 13.8 Å². The van der Waals surface area contributed by atoms with Crippen LogP contribution in [0.4, 0.5) is 4.39 Å². The van der Waals surface area contributed by atoms with Crippen LogP contribution in [0.25, 0.3) is 0 Å². The summed E-state index contributed by atoms with van der Waals surface area (Å²) in [6.45, 7) is 4.25. The summed E-state index contributed by atoms with van der Waals surface area (Å²) in [6.07, 6.45) is 0.516. The molecular weight excluding hydrogens is 383 g/mol. The standard InChI is InChI=1S/C24H31FO3Si/c1-24(2,14-13-19-20-15-23(26)28-22(20)16-21(19)25)29(27,17-9-5-3-6-10-17)18-11-7-4-8-12-18/h3-12,19-23,26-27H,13-16H2,1-2H3/t19-,20-,21+,22+,23?/m1/s1. The molecule has 5 atom stereocenters. The fourth-order valence-electron chi connectivity index (χ4n) is 5.50. The van der Waals surface area contributed by atoms with Gasteiger partial charge in [0.1, 0.15) is 6.17 Å². The second kappa shape index (κ2) is 7.95. The largest absolute Gasteiger partial charge is 0.424 e. The number of aliphatic hydroxyl groups excluding tert-OH is 1. The highest BCUT2D eigenvalue weighted by atomic mass is 28.4. The zero-order chi connectivity index (χ0) is 20.6. The van der Waals surface area contributed by atoms with Crippen LogP contribution in [0.3, 0.4) is 0 Å². The molecule has 1 aliphatic carbocycles. The van der Waals surface area contributed by atoms with Gasteiger partial charge < -0.3 is 14.6 Å². The lowest BCUT2D eigenvalue weighted by atomic mass is 9.86. The fourth-order valence-corrected chi connectivity index (χ4v) is 9.25. The van der Waals surface area contributed by atoms with Gasteiger partial charge in [0.05, 0.1) is 6.10 Å². The molecule has 2 aliphatic rings. The van der Waals surface area contributed by atoms with E-state index in [1.165, 1.54) is 0 Å². The molecule has 1 saturated carbocycles. The molecule has 29 heavy (non-hydrogen) atoms. The normalized spacial score (nSPS) is 29.8. The summed E-state index contributed by atoms with van der Waals surface area (Å²) in [6, 6.07) is 19.9. The van der Waals surface area contributed by atoms with Gasteiger partial charge in [-0.1, -0.05) is 74.5 Å². The van der Waals surface area contributed by atoms with E-state index in [9.17, 15) is 14.3 Å². The van der Waals surface area contributed by atoms with Gasteiger partial charge in [0.2, 0.25) is 0 Å². The van der Waals surface area contributed by atoms with Gasteiger partial charge >= 0.3 is 0 Å². The van der Waals surface area contributed by atoms with Gasteiger partial charge in [0, 0.05) is 12.8 Å². The minimum Gasteiger partial charge on any atom is -0.424 e. The van der Waals surface area contributed by atoms with Crippen LogP contribution in [0, 0.1) is 11.8 Å². The third-order valence-electron chi connectivity index (χ3n) is 7.22.